The number of hydrogen-bond acceptors (Lipinski definition) is 3. The van der Waals surface area contributed by atoms with Crippen LogP contribution in [0.2, 0.25) is 0 Å². The lowest BCUT2D eigenvalue weighted by Crippen LogP contribution is -2.49. The Morgan fingerprint density at radius 2 is 1.12 bits per heavy atom. The van der Waals surface area contributed by atoms with E-state index in [0.29, 0.717) is 32.1 Å². The molecule has 0 aromatic heterocycles. The lowest BCUT2D eigenvalue weighted by atomic mass is 10.1. The van der Waals surface area contributed by atoms with Gasteiger partial charge in [-0.05, 0) is 33.6 Å². The number of nitrogens with one attached hydrogen (secondary N) is 6. The average molecular weight is 358 g/mol. The van der Waals surface area contributed by atoms with Crippen LogP contribution < -0.4 is 31.9 Å². The van der Waals surface area contributed by atoms with E-state index in [1.165, 1.54) is 0 Å². The summed E-state index contributed by atoms with van der Waals surface area (Å²) in [7, 11) is 0. The summed E-state index contributed by atoms with van der Waals surface area (Å²) < 4.78 is 0. The van der Waals surface area contributed by atoms with Crippen LogP contribution in [0.5, 0.6) is 0 Å². The van der Waals surface area contributed by atoms with E-state index in [0.717, 1.165) is 0 Å². The molecule has 0 rings (SSSR count). The molecule has 0 saturated heterocycles. The van der Waals surface area contributed by atoms with Crippen LogP contribution in [0, 0.1) is 5.92 Å². The van der Waals surface area contributed by atoms with E-state index in [2.05, 4.69) is 31.9 Å². The normalized spacial score (nSPS) is 12.1. The molecule has 6 amide bonds. The van der Waals surface area contributed by atoms with Crippen molar-refractivity contribution < 1.29 is 14.4 Å². The second kappa shape index (κ2) is 11.4. The minimum Gasteiger partial charge on any atom is -0.336 e. The summed E-state index contributed by atoms with van der Waals surface area (Å²) in [6.45, 7) is 12.9. The van der Waals surface area contributed by atoms with Crippen LogP contribution in [0.1, 0.15) is 41.5 Å². The first kappa shape index (κ1) is 22.8. The van der Waals surface area contributed by atoms with E-state index in [-0.39, 0.29) is 29.7 Å². The molecule has 0 aliphatic heterocycles. The third-order valence-electron chi connectivity index (χ3n) is 3.24. The molecular formula is C16H34N6O3. The monoisotopic (exact) mass is 358 g/mol. The van der Waals surface area contributed by atoms with Crippen molar-refractivity contribution in [2.75, 3.05) is 26.2 Å². The Hall–Kier alpha value is -2.19. The van der Waals surface area contributed by atoms with E-state index in [9.17, 15) is 14.4 Å². The van der Waals surface area contributed by atoms with Crippen LogP contribution in [-0.2, 0) is 0 Å². The number of carbonyl (C=O) groups excluding carboxylic acids is 3. The molecule has 0 aromatic carbocycles. The first-order valence-electron chi connectivity index (χ1n) is 8.63. The Bertz CT molecular complexity index is 434. The van der Waals surface area contributed by atoms with Crippen LogP contribution in [0.3, 0.4) is 0 Å². The SMILES string of the molecule is CC(C)C(C)NC(=O)NCCNC(=O)NCCNC(=O)NC(C)(C)C. The van der Waals surface area contributed by atoms with Gasteiger partial charge in [0.2, 0.25) is 0 Å². The minimum atomic E-state index is -0.351. The second-order valence-electron chi connectivity index (χ2n) is 7.25. The van der Waals surface area contributed by atoms with E-state index < -0.39 is 0 Å². The zero-order valence-electron chi connectivity index (χ0n) is 16.2. The maximum absolute atomic E-state index is 11.6. The maximum atomic E-state index is 11.6. The summed E-state index contributed by atoms with van der Waals surface area (Å²) in [6, 6.07) is -0.798. The third-order valence-corrected chi connectivity index (χ3v) is 3.24. The number of rotatable bonds is 8. The predicted molar refractivity (Wildman–Crippen MR) is 98.5 cm³/mol. The molecule has 1 unspecified atom stereocenters. The Balaban J connectivity index is 3.65. The average Bonchev–Trinajstić information content (AvgIpc) is 2.46. The molecule has 0 aliphatic rings. The standard InChI is InChI=1S/C16H34N6O3/c1-11(2)12(3)21-14(24)19-9-7-17-13(23)18-8-10-20-15(25)22-16(4,5)6/h11-12H,7-10H2,1-6H3,(H2,17,18,23)(H2,19,21,24)(H2,20,22,25). The lowest BCUT2D eigenvalue weighted by Gasteiger charge is -2.20. The summed E-state index contributed by atoms with van der Waals surface area (Å²) >= 11 is 0. The molecule has 0 aliphatic carbocycles. The highest BCUT2D eigenvalue weighted by atomic mass is 16.2. The van der Waals surface area contributed by atoms with Crippen molar-refractivity contribution in [2.24, 2.45) is 5.92 Å². The molecule has 0 spiro atoms. The summed E-state index contributed by atoms with van der Waals surface area (Å²) in [5, 5.41) is 16.1. The molecule has 0 heterocycles. The summed E-state index contributed by atoms with van der Waals surface area (Å²) in [5.74, 6) is 0.355. The molecule has 1 atom stereocenters. The molecular weight excluding hydrogens is 324 g/mol. The molecule has 25 heavy (non-hydrogen) atoms. The van der Waals surface area contributed by atoms with Gasteiger partial charge in [-0.1, -0.05) is 13.8 Å². The summed E-state index contributed by atoms with van der Waals surface area (Å²) in [5.41, 5.74) is -0.304. The van der Waals surface area contributed by atoms with Crippen molar-refractivity contribution in [3.63, 3.8) is 0 Å². The van der Waals surface area contributed by atoms with Gasteiger partial charge in [0.15, 0.2) is 0 Å². The van der Waals surface area contributed by atoms with E-state index in [1.807, 2.05) is 41.5 Å². The molecule has 9 heteroatoms. The summed E-state index contributed by atoms with van der Waals surface area (Å²) in [4.78, 5) is 34.6. The highest BCUT2D eigenvalue weighted by molar-refractivity contribution is 5.76. The van der Waals surface area contributed by atoms with Crippen LogP contribution in [0.15, 0.2) is 0 Å². The topological polar surface area (TPSA) is 123 Å². The number of amides is 6. The van der Waals surface area contributed by atoms with Crippen molar-refractivity contribution in [3.8, 4) is 0 Å². The predicted octanol–water partition coefficient (Wildman–Crippen LogP) is 0.727. The fourth-order valence-electron chi connectivity index (χ4n) is 1.58. The van der Waals surface area contributed by atoms with Crippen LogP contribution in [-0.4, -0.2) is 55.9 Å². The van der Waals surface area contributed by atoms with Crippen molar-refractivity contribution in [1.29, 1.82) is 0 Å². The van der Waals surface area contributed by atoms with Gasteiger partial charge in [0.05, 0.1) is 0 Å². The molecule has 146 valence electrons. The Morgan fingerprint density at radius 3 is 1.52 bits per heavy atom. The Morgan fingerprint density at radius 1 is 0.720 bits per heavy atom. The van der Waals surface area contributed by atoms with Gasteiger partial charge in [0.25, 0.3) is 0 Å². The first-order valence-corrected chi connectivity index (χ1v) is 8.63. The van der Waals surface area contributed by atoms with E-state index in [1.54, 1.807) is 0 Å². The van der Waals surface area contributed by atoms with Gasteiger partial charge in [-0.15, -0.1) is 0 Å². The highest BCUT2D eigenvalue weighted by Gasteiger charge is 2.13. The number of urea groups is 3. The van der Waals surface area contributed by atoms with Gasteiger partial charge in [-0.2, -0.15) is 0 Å². The van der Waals surface area contributed by atoms with Crippen molar-refractivity contribution in [1.82, 2.24) is 31.9 Å². The van der Waals surface area contributed by atoms with Crippen molar-refractivity contribution in [3.05, 3.63) is 0 Å². The largest absolute Gasteiger partial charge is 0.336 e. The van der Waals surface area contributed by atoms with Crippen LogP contribution in [0.4, 0.5) is 14.4 Å². The summed E-state index contributed by atoms with van der Waals surface area (Å²) in [6.07, 6.45) is 0. The molecule has 0 saturated carbocycles. The lowest BCUT2D eigenvalue weighted by molar-refractivity contribution is 0.230. The van der Waals surface area contributed by atoms with Crippen molar-refractivity contribution >= 4 is 18.1 Å². The van der Waals surface area contributed by atoms with Gasteiger partial charge in [-0.3, -0.25) is 0 Å². The van der Waals surface area contributed by atoms with Crippen molar-refractivity contribution in [2.45, 2.75) is 53.1 Å². The molecule has 0 fully saturated rings. The number of hydrogen-bond donors (Lipinski definition) is 6. The fourth-order valence-corrected chi connectivity index (χ4v) is 1.58. The van der Waals surface area contributed by atoms with Crippen LogP contribution in [0.25, 0.3) is 0 Å². The molecule has 6 N–H and O–H groups in total. The molecule has 9 nitrogen and oxygen atoms in total. The van der Waals surface area contributed by atoms with Crippen LogP contribution >= 0.6 is 0 Å². The van der Waals surface area contributed by atoms with Gasteiger partial charge >= 0.3 is 18.1 Å². The van der Waals surface area contributed by atoms with Gasteiger partial charge < -0.3 is 31.9 Å². The molecule has 0 radical (unpaired) electrons. The zero-order chi connectivity index (χ0) is 19.5. The molecule has 0 bridgehead atoms. The highest BCUT2D eigenvalue weighted by Crippen LogP contribution is 1.98. The Labute approximate surface area is 150 Å². The van der Waals surface area contributed by atoms with E-state index in [4.69, 9.17) is 0 Å². The van der Waals surface area contributed by atoms with Gasteiger partial charge in [-0.25, -0.2) is 14.4 Å². The van der Waals surface area contributed by atoms with Gasteiger partial charge in [0, 0.05) is 37.8 Å². The van der Waals surface area contributed by atoms with E-state index >= 15 is 0 Å². The fraction of sp³-hybridized carbons (Fsp3) is 0.812. The smallest absolute Gasteiger partial charge is 0.315 e. The Kier molecular flexibility index (Phi) is 10.4. The second-order valence-corrected chi connectivity index (χ2v) is 7.25. The van der Waals surface area contributed by atoms with Gasteiger partial charge in [0.1, 0.15) is 0 Å². The third kappa shape index (κ3) is 13.9. The maximum Gasteiger partial charge on any atom is 0.315 e. The molecule has 0 aromatic rings. The first-order chi connectivity index (χ1) is 11.5. The quantitative estimate of drug-likeness (QED) is 0.358. The minimum absolute atomic E-state index is 0.0826. The number of carbonyl (C=O) groups is 3. The zero-order valence-corrected chi connectivity index (χ0v) is 16.2.